The third-order valence-corrected chi connectivity index (χ3v) is 4.12. The third-order valence-electron chi connectivity index (χ3n) is 4.12. The lowest BCUT2D eigenvalue weighted by Gasteiger charge is -2.13. The largest absolute Gasteiger partial charge is 0.462 e. The average molecular weight is 357 g/mol. The van der Waals surface area contributed by atoms with E-state index in [1.54, 1.807) is 19.9 Å². The van der Waals surface area contributed by atoms with E-state index in [1.165, 1.54) is 0 Å². The van der Waals surface area contributed by atoms with Gasteiger partial charge in [0, 0.05) is 12.2 Å². The van der Waals surface area contributed by atoms with Gasteiger partial charge in [-0.1, -0.05) is 50.1 Å². The summed E-state index contributed by atoms with van der Waals surface area (Å²) in [4.78, 5) is 25.1. The maximum absolute atomic E-state index is 12.6. The van der Waals surface area contributed by atoms with Gasteiger partial charge in [0.2, 0.25) is 0 Å². The van der Waals surface area contributed by atoms with Crippen LogP contribution in [-0.2, 0) is 16.0 Å². The molecule has 0 aliphatic heterocycles. The van der Waals surface area contributed by atoms with Crippen molar-refractivity contribution in [2.24, 2.45) is 0 Å². The van der Waals surface area contributed by atoms with Gasteiger partial charge < -0.3 is 14.0 Å². The number of aromatic nitrogens is 1. The first-order valence-electron chi connectivity index (χ1n) is 9.27. The number of hydrogen-bond donors (Lipinski definition) is 0. The van der Waals surface area contributed by atoms with Crippen LogP contribution in [0.25, 0.3) is 11.3 Å². The van der Waals surface area contributed by atoms with Gasteiger partial charge in [0.25, 0.3) is 0 Å². The van der Waals surface area contributed by atoms with Crippen molar-refractivity contribution in [2.45, 2.75) is 46.6 Å². The summed E-state index contributed by atoms with van der Waals surface area (Å²) < 4.78 is 12.3. The van der Waals surface area contributed by atoms with Gasteiger partial charge in [-0.25, -0.2) is 9.59 Å². The van der Waals surface area contributed by atoms with Gasteiger partial charge in [0.05, 0.1) is 18.8 Å². The highest BCUT2D eigenvalue weighted by Crippen LogP contribution is 2.28. The smallest absolute Gasteiger partial charge is 0.355 e. The maximum atomic E-state index is 12.6. The first kappa shape index (κ1) is 19.8. The van der Waals surface area contributed by atoms with E-state index in [9.17, 15) is 9.59 Å². The van der Waals surface area contributed by atoms with Crippen LogP contribution in [0.2, 0.25) is 0 Å². The van der Waals surface area contributed by atoms with Crippen molar-refractivity contribution in [2.75, 3.05) is 13.2 Å². The molecule has 0 N–H and O–H groups in total. The summed E-state index contributed by atoms with van der Waals surface area (Å²) in [6, 6.07) is 11.5. The Balaban J connectivity index is 2.60. The van der Waals surface area contributed by atoms with Gasteiger partial charge in [-0.05, 0) is 31.9 Å². The molecule has 2 rings (SSSR count). The van der Waals surface area contributed by atoms with Crippen LogP contribution >= 0.6 is 0 Å². The third kappa shape index (κ3) is 4.54. The monoisotopic (exact) mass is 357 g/mol. The van der Waals surface area contributed by atoms with Gasteiger partial charge in [0.15, 0.2) is 0 Å². The quantitative estimate of drug-likeness (QED) is 0.482. The Hall–Kier alpha value is -2.56. The molecule has 0 aliphatic carbocycles. The summed E-state index contributed by atoms with van der Waals surface area (Å²) in [6.45, 7) is 6.78. The number of ether oxygens (including phenoxy) is 2. The van der Waals surface area contributed by atoms with Gasteiger partial charge >= 0.3 is 11.9 Å². The highest BCUT2D eigenvalue weighted by atomic mass is 16.5. The Morgan fingerprint density at radius 1 is 0.923 bits per heavy atom. The maximum Gasteiger partial charge on any atom is 0.355 e. The summed E-state index contributed by atoms with van der Waals surface area (Å²) in [5, 5.41) is 0. The summed E-state index contributed by atoms with van der Waals surface area (Å²) in [5.74, 6) is -0.990. The minimum Gasteiger partial charge on any atom is -0.462 e. The Bertz CT molecular complexity index is 734. The van der Waals surface area contributed by atoms with Crippen LogP contribution in [0.5, 0.6) is 0 Å². The van der Waals surface area contributed by atoms with Crippen LogP contribution in [-0.4, -0.2) is 29.7 Å². The molecule has 5 heteroatoms. The summed E-state index contributed by atoms with van der Waals surface area (Å²) >= 11 is 0. The predicted molar refractivity (Wildman–Crippen MR) is 101 cm³/mol. The fourth-order valence-electron chi connectivity index (χ4n) is 2.93. The molecule has 0 fully saturated rings. The number of hydrogen-bond acceptors (Lipinski definition) is 4. The second-order valence-electron chi connectivity index (χ2n) is 5.96. The zero-order valence-corrected chi connectivity index (χ0v) is 15.8. The summed E-state index contributed by atoms with van der Waals surface area (Å²) in [6.07, 6.45) is 3.03. The number of esters is 2. The molecule has 0 aliphatic rings. The van der Waals surface area contributed by atoms with Gasteiger partial charge in [-0.15, -0.1) is 0 Å². The second-order valence-corrected chi connectivity index (χ2v) is 5.96. The molecule has 5 nitrogen and oxygen atoms in total. The molecule has 1 aromatic heterocycles. The van der Waals surface area contributed by atoms with Crippen molar-refractivity contribution in [3.63, 3.8) is 0 Å². The van der Waals surface area contributed by atoms with E-state index in [0.29, 0.717) is 6.54 Å². The molecule has 0 unspecified atom stereocenters. The molecule has 0 saturated carbocycles. The zero-order valence-electron chi connectivity index (χ0n) is 15.8. The van der Waals surface area contributed by atoms with E-state index in [1.807, 2.05) is 34.9 Å². The van der Waals surface area contributed by atoms with Crippen LogP contribution in [0.4, 0.5) is 0 Å². The standard InChI is InChI=1S/C21H27NO4/c1-4-7-11-14-22-18(16-12-9-8-10-13-16)15-17(20(23)25-5-2)19(22)21(24)26-6-3/h8-10,12-13,15H,4-7,11,14H2,1-3H3. The van der Waals surface area contributed by atoms with Crippen molar-refractivity contribution >= 4 is 11.9 Å². The lowest BCUT2D eigenvalue weighted by atomic mass is 10.1. The van der Waals surface area contributed by atoms with Crippen molar-refractivity contribution < 1.29 is 19.1 Å². The molecule has 1 aromatic carbocycles. The summed E-state index contributed by atoms with van der Waals surface area (Å²) in [7, 11) is 0. The number of unbranched alkanes of at least 4 members (excludes halogenated alkanes) is 2. The number of carbonyl (C=O) groups excluding carboxylic acids is 2. The zero-order chi connectivity index (χ0) is 18.9. The van der Waals surface area contributed by atoms with Crippen molar-refractivity contribution in [3.05, 3.63) is 47.7 Å². The van der Waals surface area contributed by atoms with Crippen molar-refractivity contribution in [3.8, 4) is 11.3 Å². The topological polar surface area (TPSA) is 57.5 Å². The van der Waals surface area contributed by atoms with Crippen LogP contribution < -0.4 is 0 Å². The van der Waals surface area contributed by atoms with E-state index in [2.05, 4.69) is 6.92 Å². The molecule has 1 heterocycles. The van der Waals surface area contributed by atoms with E-state index in [4.69, 9.17) is 9.47 Å². The van der Waals surface area contributed by atoms with E-state index < -0.39 is 11.9 Å². The number of rotatable bonds is 9. The molecule has 140 valence electrons. The van der Waals surface area contributed by atoms with Gasteiger partial charge in [0.1, 0.15) is 5.69 Å². The van der Waals surface area contributed by atoms with Gasteiger partial charge in [-0.2, -0.15) is 0 Å². The Morgan fingerprint density at radius 3 is 2.19 bits per heavy atom. The highest BCUT2D eigenvalue weighted by Gasteiger charge is 2.27. The molecule has 26 heavy (non-hydrogen) atoms. The van der Waals surface area contributed by atoms with E-state index in [-0.39, 0.29) is 24.5 Å². The SMILES string of the molecule is CCCCCn1c(-c2ccccc2)cc(C(=O)OCC)c1C(=O)OCC. The minimum absolute atomic E-state index is 0.252. The van der Waals surface area contributed by atoms with Crippen molar-refractivity contribution in [1.29, 1.82) is 0 Å². The lowest BCUT2D eigenvalue weighted by Crippen LogP contribution is -2.18. The first-order chi connectivity index (χ1) is 12.6. The van der Waals surface area contributed by atoms with Crippen LogP contribution in [0, 0.1) is 0 Å². The molecular weight excluding hydrogens is 330 g/mol. The van der Waals surface area contributed by atoms with Crippen LogP contribution in [0.1, 0.15) is 60.9 Å². The van der Waals surface area contributed by atoms with E-state index in [0.717, 1.165) is 30.5 Å². The fraction of sp³-hybridized carbons (Fsp3) is 0.429. The Labute approximate surface area is 154 Å². The molecule has 0 saturated heterocycles. The molecule has 0 atom stereocenters. The lowest BCUT2D eigenvalue weighted by molar-refractivity contribution is 0.0470. The van der Waals surface area contributed by atoms with Crippen LogP contribution in [0.15, 0.2) is 36.4 Å². The first-order valence-corrected chi connectivity index (χ1v) is 9.27. The molecule has 2 aromatic rings. The summed E-state index contributed by atoms with van der Waals surface area (Å²) in [5.41, 5.74) is 2.32. The Morgan fingerprint density at radius 2 is 1.58 bits per heavy atom. The molecule has 0 spiro atoms. The number of benzene rings is 1. The Kier molecular flexibility index (Phi) is 7.45. The fourth-order valence-corrected chi connectivity index (χ4v) is 2.93. The molecular formula is C21H27NO4. The predicted octanol–water partition coefficient (Wildman–Crippen LogP) is 4.70. The average Bonchev–Trinajstić information content (AvgIpc) is 3.03. The van der Waals surface area contributed by atoms with Crippen molar-refractivity contribution in [1.82, 2.24) is 4.57 Å². The molecule has 0 bridgehead atoms. The number of nitrogens with zero attached hydrogens (tertiary/aromatic N) is 1. The van der Waals surface area contributed by atoms with E-state index >= 15 is 0 Å². The second kappa shape index (κ2) is 9.80. The minimum atomic E-state index is -0.498. The molecule has 0 amide bonds. The number of carbonyl (C=O) groups is 2. The van der Waals surface area contributed by atoms with Crippen LogP contribution in [0.3, 0.4) is 0 Å². The highest BCUT2D eigenvalue weighted by molar-refractivity contribution is 6.04. The molecule has 0 radical (unpaired) electrons. The van der Waals surface area contributed by atoms with Gasteiger partial charge in [-0.3, -0.25) is 0 Å². The normalized spacial score (nSPS) is 10.6.